The third-order valence-electron chi connectivity index (χ3n) is 5.08. The molecule has 4 rings (SSSR count). The molecule has 1 saturated heterocycles. The number of carbonyl (C=O) groups excluding carboxylic acids is 1. The van der Waals surface area contributed by atoms with E-state index in [1.807, 2.05) is 6.92 Å². The average Bonchev–Trinajstić information content (AvgIpc) is 2.97. The lowest BCUT2D eigenvalue weighted by Crippen LogP contribution is -2.48. The largest absolute Gasteiger partial charge is 0.358 e. The van der Waals surface area contributed by atoms with Crippen LogP contribution in [0, 0.1) is 12.7 Å². The highest BCUT2D eigenvalue weighted by Crippen LogP contribution is 2.24. The number of aryl methyl sites for hydroxylation is 1. The van der Waals surface area contributed by atoms with Gasteiger partial charge in [-0.1, -0.05) is 0 Å². The molecule has 140 valence electrons. The number of aromatic amines is 1. The van der Waals surface area contributed by atoms with Gasteiger partial charge in [-0.3, -0.25) is 9.78 Å². The summed E-state index contributed by atoms with van der Waals surface area (Å²) < 4.78 is 13.6. The maximum atomic E-state index is 13.6. The van der Waals surface area contributed by atoms with Crippen molar-refractivity contribution in [3.05, 3.63) is 53.9 Å². The van der Waals surface area contributed by atoms with E-state index in [2.05, 4.69) is 25.2 Å². The predicted molar refractivity (Wildman–Crippen MR) is 102 cm³/mol. The lowest BCUT2D eigenvalue weighted by molar-refractivity contribution is -0.121. The highest BCUT2D eigenvalue weighted by atomic mass is 19.1. The molecular formula is C20H22FN5O. The predicted octanol–water partition coefficient (Wildman–Crippen LogP) is 2.73. The van der Waals surface area contributed by atoms with Crippen molar-refractivity contribution >= 4 is 22.6 Å². The second kappa shape index (κ2) is 7.34. The molecule has 1 aromatic carbocycles. The van der Waals surface area contributed by atoms with Crippen molar-refractivity contribution < 1.29 is 9.18 Å². The molecule has 6 nitrogen and oxygen atoms in total. The Kier molecular flexibility index (Phi) is 4.75. The summed E-state index contributed by atoms with van der Waals surface area (Å²) in [4.78, 5) is 26.5. The van der Waals surface area contributed by atoms with Gasteiger partial charge >= 0.3 is 0 Å². The van der Waals surface area contributed by atoms with Crippen LogP contribution >= 0.6 is 0 Å². The van der Waals surface area contributed by atoms with Crippen molar-refractivity contribution in [2.24, 2.45) is 0 Å². The number of hydrogen-bond acceptors (Lipinski definition) is 4. The van der Waals surface area contributed by atoms with Gasteiger partial charge in [0.2, 0.25) is 5.91 Å². The van der Waals surface area contributed by atoms with Gasteiger partial charge in [0.15, 0.2) is 0 Å². The van der Waals surface area contributed by atoms with Crippen molar-refractivity contribution in [1.29, 1.82) is 0 Å². The molecule has 2 N–H and O–H groups in total. The Balaban J connectivity index is 1.44. The van der Waals surface area contributed by atoms with Gasteiger partial charge in [0.1, 0.15) is 11.6 Å². The number of H-pyrrole nitrogens is 1. The van der Waals surface area contributed by atoms with E-state index in [0.29, 0.717) is 6.54 Å². The number of piperidine rings is 1. The molecule has 1 amide bonds. The minimum absolute atomic E-state index is 0.0470. The van der Waals surface area contributed by atoms with E-state index in [1.165, 1.54) is 12.1 Å². The summed E-state index contributed by atoms with van der Waals surface area (Å²) in [5.74, 6) is 0.490. The minimum Gasteiger partial charge on any atom is -0.358 e. The number of benzene rings is 1. The summed E-state index contributed by atoms with van der Waals surface area (Å²) >= 11 is 0. The summed E-state index contributed by atoms with van der Waals surface area (Å²) in [5, 5.41) is 3.90. The van der Waals surface area contributed by atoms with Gasteiger partial charge in [-0.25, -0.2) is 9.37 Å². The molecule has 0 bridgehead atoms. The molecule has 7 heteroatoms. The van der Waals surface area contributed by atoms with Crippen LogP contribution in [0.4, 0.5) is 10.2 Å². The Morgan fingerprint density at radius 3 is 3.11 bits per heavy atom. The van der Waals surface area contributed by atoms with E-state index in [4.69, 9.17) is 0 Å². The summed E-state index contributed by atoms with van der Waals surface area (Å²) in [6.45, 7) is 3.54. The highest BCUT2D eigenvalue weighted by Gasteiger charge is 2.23. The first-order valence-electron chi connectivity index (χ1n) is 9.17. The van der Waals surface area contributed by atoms with Crippen LogP contribution < -0.4 is 10.2 Å². The zero-order chi connectivity index (χ0) is 18.8. The maximum Gasteiger partial charge on any atom is 0.224 e. The normalized spacial score (nSPS) is 17.3. The fourth-order valence-electron chi connectivity index (χ4n) is 3.78. The molecular weight excluding hydrogens is 345 g/mol. The molecule has 1 aliphatic heterocycles. The van der Waals surface area contributed by atoms with Crippen LogP contribution in [0.3, 0.4) is 0 Å². The van der Waals surface area contributed by atoms with Crippen LogP contribution in [0.2, 0.25) is 0 Å². The molecule has 0 spiro atoms. The molecule has 1 fully saturated rings. The van der Waals surface area contributed by atoms with E-state index in [1.54, 1.807) is 24.7 Å². The Hall–Kier alpha value is -2.96. The zero-order valence-corrected chi connectivity index (χ0v) is 15.2. The first-order chi connectivity index (χ1) is 13.1. The molecule has 1 aliphatic rings. The number of rotatable bonds is 4. The second-order valence-electron chi connectivity index (χ2n) is 7.01. The third-order valence-corrected chi connectivity index (χ3v) is 5.08. The number of carbonyl (C=O) groups is 1. The number of amides is 1. The summed E-state index contributed by atoms with van der Waals surface area (Å²) in [5.41, 5.74) is 2.60. The van der Waals surface area contributed by atoms with E-state index in [9.17, 15) is 9.18 Å². The van der Waals surface area contributed by atoms with E-state index in [-0.39, 0.29) is 24.2 Å². The smallest absolute Gasteiger partial charge is 0.224 e. The quantitative estimate of drug-likeness (QED) is 0.744. The molecule has 3 heterocycles. The highest BCUT2D eigenvalue weighted by molar-refractivity contribution is 5.90. The zero-order valence-electron chi connectivity index (χ0n) is 15.2. The minimum atomic E-state index is -0.296. The number of nitrogens with zero attached hydrogens (tertiary/aromatic N) is 3. The van der Waals surface area contributed by atoms with Crippen molar-refractivity contribution in [2.45, 2.75) is 32.2 Å². The van der Waals surface area contributed by atoms with Gasteiger partial charge in [-0.15, -0.1) is 0 Å². The molecule has 2 aromatic heterocycles. The molecule has 0 aliphatic carbocycles. The van der Waals surface area contributed by atoms with Crippen molar-refractivity contribution in [2.75, 3.05) is 18.0 Å². The Labute approximate surface area is 156 Å². The summed E-state index contributed by atoms with van der Waals surface area (Å²) in [7, 11) is 0. The number of anilines is 1. The molecule has 3 aromatic rings. The monoisotopic (exact) mass is 367 g/mol. The van der Waals surface area contributed by atoms with Gasteiger partial charge in [0, 0.05) is 48.1 Å². The fraction of sp³-hybridized carbons (Fsp3) is 0.350. The molecule has 27 heavy (non-hydrogen) atoms. The van der Waals surface area contributed by atoms with Crippen molar-refractivity contribution in [3.63, 3.8) is 0 Å². The second-order valence-corrected chi connectivity index (χ2v) is 7.01. The van der Waals surface area contributed by atoms with Gasteiger partial charge < -0.3 is 15.2 Å². The summed E-state index contributed by atoms with van der Waals surface area (Å²) in [6, 6.07) is 4.68. The third kappa shape index (κ3) is 3.77. The number of halogens is 1. The van der Waals surface area contributed by atoms with Crippen LogP contribution in [0.25, 0.3) is 10.9 Å². The van der Waals surface area contributed by atoms with Crippen LogP contribution in [0.5, 0.6) is 0 Å². The standard InChI is InChI=1S/C20H22FN5O/c1-13-16(17-9-14(21)4-5-18(17)24-13)10-20(27)25-15-3-2-8-26(12-15)19-11-22-6-7-23-19/h4-7,9,11,15,24H,2-3,8,10,12H2,1H3,(H,25,27). The van der Waals surface area contributed by atoms with Crippen LogP contribution in [-0.2, 0) is 11.2 Å². The van der Waals surface area contributed by atoms with Crippen LogP contribution in [0.1, 0.15) is 24.1 Å². The number of aromatic nitrogens is 3. The molecule has 0 radical (unpaired) electrons. The lowest BCUT2D eigenvalue weighted by Gasteiger charge is -2.33. The van der Waals surface area contributed by atoms with Crippen LogP contribution in [-0.4, -0.2) is 40.0 Å². The van der Waals surface area contributed by atoms with E-state index < -0.39 is 0 Å². The Bertz CT molecular complexity index is 956. The first kappa shape index (κ1) is 17.5. The van der Waals surface area contributed by atoms with Gasteiger partial charge in [0.25, 0.3) is 0 Å². The van der Waals surface area contributed by atoms with E-state index >= 15 is 0 Å². The van der Waals surface area contributed by atoms with Gasteiger partial charge in [0.05, 0.1) is 12.6 Å². The lowest BCUT2D eigenvalue weighted by atomic mass is 10.0. The molecule has 1 unspecified atom stereocenters. The molecule has 0 saturated carbocycles. The first-order valence-corrected chi connectivity index (χ1v) is 9.17. The van der Waals surface area contributed by atoms with Gasteiger partial charge in [-0.2, -0.15) is 0 Å². The SMILES string of the molecule is Cc1[nH]c2ccc(F)cc2c1CC(=O)NC1CCCN(c2cnccn2)C1. The maximum absolute atomic E-state index is 13.6. The Morgan fingerprint density at radius 1 is 1.41 bits per heavy atom. The summed E-state index contributed by atoms with van der Waals surface area (Å²) in [6.07, 6.45) is 7.23. The number of hydrogen-bond donors (Lipinski definition) is 2. The number of nitrogens with one attached hydrogen (secondary N) is 2. The fourth-order valence-corrected chi connectivity index (χ4v) is 3.78. The number of fused-ring (bicyclic) bond motifs is 1. The topological polar surface area (TPSA) is 73.9 Å². The van der Waals surface area contributed by atoms with Crippen molar-refractivity contribution in [1.82, 2.24) is 20.3 Å². The van der Waals surface area contributed by atoms with Crippen LogP contribution in [0.15, 0.2) is 36.8 Å². The molecule has 1 atom stereocenters. The van der Waals surface area contributed by atoms with E-state index in [0.717, 1.165) is 47.4 Å². The van der Waals surface area contributed by atoms with Gasteiger partial charge in [-0.05, 0) is 43.5 Å². The average molecular weight is 367 g/mol. The van der Waals surface area contributed by atoms with Crippen molar-refractivity contribution in [3.8, 4) is 0 Å². The Morgan fingerprint density at radius 2 is 2.30 bits per heavy atom.